The van der Waals surface area contributed by atoms with Crippen molar-refractivity contribution in [1.29, 1.82) is 0 Å². The molecule has 0 radical (unpaired) electrons. The molecule has 0 aliphatic carbocycles. The summed E-state index contributed by atoms with van der Waals surface area (Å²) in [6.07, 6.45) is -0.635. The smallest absolute Gasteiger partial charge is 0.408 e. The van der Waals surface area contributed by atoms with Crippen LogP contribution in [0.25, 0.3) is 0 Å². The number of hydrogen-bond acceptors (Lipinski definition) is 5. The van der Waals surface area contributed by atoms with E-state index in [1.54, 1.807) is 45.0 Å². The highest BCUT2D eigenvalue weighted by Crippen LogP contribution is 2.45. The highest BCUT2D eigenvalue weighted by atomic mass is 16.6. The standard InChI is InChI=1S/C23H28N2O5/c1-22(2,3)30-21(27)24-13-19(26)25-15-9-11-16(12-10-15)29-18-8-6-7-17-20(18)23(4,5)14-28-17/h6-12H,13-14H2,1-5H3,(H,24,27)(H,25,26). The summed E-state index contributed by atoms with van der Waals surface area (Å²) in [7, 11) is 0. The number of rotatable bonds is 5. The van der Waals surface area contributed by atoms with Crippen molar-refractivity contribution in [2.24, 2.45) is 0 Å². The number of alkyl carbamates (subject to hydrolysis) is 1. The van der Waals surface area contributed by atoms with Crippen molar-refractivity contribution < 1.29 is 23.8 Å². The van der Waals surface area contributed by atoms with Crippen molar-refractivity contribution in [3.05, 3.63) is 48.0 Å². The zero-order valence-corrected chi connectivity index (χ0v) is 18.0. The third-order valence-electron chi connectivity index (χ3n) is 4.41. The molecule has 3 rings (SSSR count). The molecular weight excluding hydrogens is 384 g/mol. The van der Waals surface area contributed by atoms with Crippen LogP contribution < -0.4 is 20.1 Å². The Kier molecular flexibility index (Phi) is 5.92. The molecule has 7 nitrogen and oxygen atoms in total. The molecule has 0 saturated carbocycles. The summed E-state index contributed by atoms with van der Waals surface area (Å²) in [6.45, 7) is 9.95. The summed E-state index contributed by atoms with van der Waals surface area (Å²) in [5.41, 5.74) is 0.910. The van der Waals surface area contributed by atoms with Crippen LogP contribution in [0, 0.1) is 0 Å². The van der Waals surface area contributed by atoms with E-state index in [0.29, 0.717) is 18.0 Å². The first-order valence-corrected chi connectivity index (χ1v) is 9.84. The summed E-state index contributed by atoms with van der Waals surface area (Å²) in [5, 5.41) is 5.15. The van der Waals surface area contributed by atoms with Crippen molar-refractivity contribution in [2.75, 3.05) is 18.5 Å². The number of carbonyl (C=O) groups is 2. The largest absolute Gasteiger partial charge is 0.492 e. The van der Waals surface area contributed by atoms with Gasteiger partial charge in [0.05, 0.1) is 6.61 Å². The van der Waals surface area contributed by atoms with Crippen LogP contribution >= 0.6 is 0 Å². The molecule has 0 spiro atoms. The van der Waals surface area contributed by atoms with E-state index in [1.165, 1.54) is 0 Å². The molecule has 2 amide bonds. The van der Waals surface area contributed by atoms with Crippen LogP contribution in [0.4, 0.5) is 10.5 Å². The van der Waals surface area contributed by atoms with Crippen LogP contribution in [0.3, 0.4) is 0 Å². The molecule has 0 bridgehead atoms. The minimum atomic E-state index is -0.635. The predicted octanol–water partition coefficient (Wildman–Crippen LogP) is 4.61. The summed E-state index contributed by atoms with van der Waals surface area (Å²) in [5.74, 6) is 1.90. The van der Waals surface area contributed by atoms with Crippen LogP contribution in [0.2, 0.25) is 0 Å². The third kappa shape index (κ3) is 5.43. The molecule has 2 aromatic carbocycles. The molecule has 2 N–H and O–H groups in total. The summed E-state index contributed by atoms with van der Waals surface area (Å²) in [4.78, 5) is 23.7. The lowest BCUT2D eigenvalue weighted by atomic mass is 9.86. The van der Waals surface area contributed by atoms with Crippen molar-refractivity contribution in [1.82, 2.24) is 5.32 Å². The fourth-order valence-electron chi connectivity index (χ4n) is 3.12. The first-order valence-electron chi connectivity index (χ1n) is 9.84. The third-order valence-corrected chi connectivity index (χ3v) is 4.41. The maximum absolute atomic E-state index is 12.0. The molecule has 7 heteroatoms. The van der Waals surface area contributed by atoms with Crippen LogP contribution in [-0.4, -0.2) is 30.8 Å². The zero-order valence-electron chi connectivity index (χ0n) is 18.0. The van der Waals surface area contributed by atoms with Crippen LogP contribution in [0.5, 0.6) is 17.2 Å². The maximum Gasteiger partial charge on any atom is 0.408 e. The number of amides is 2. The fraction of sp³-hybridized carbons (Fsp3) is 0.391. The van der Waals surface area contributed by atoms with Gasteiger partial charge in [-0.15, -0.1) is 0 Å². The Morgan fingerprint density at radius 1 is 1.10 bits per heavy atom. The highest BCUT2D eigenvalue weighted by molar-refractivity contribution is 5.93. The van der Waals surface area contributed by atoms with Gasteiger partial charge in [0.1, 0.15) is 29.4 Å². The topological polar surface area (TPSA) is 85.9 Å². The van der Waals surface area contributed by atoms with E-state index in [1.807, 2.05) is 18.2 Å². The molecule has 30 heavy (non-hydrogen) atoms. The van der Waals surface area contributed by atoms with Gasteiger partial charge >= 0.3 is 6.09 Å². The van der Waals surface area contributed by atoms with Crippen LogP contribution in [0.1, 0.15) is 40.2 Å². The van der Waals surface area contributed by atoms with Gasteiger partial charge in [0, 0.05) is 16.7 Å². The van der Waals surface area contributed by atoms with Crippen LogP contribution in [-0.2, 0) is 14.9 Å². The summed E-state index contributed by atoms with van der Waals surface area (Å²) >= 11 is 0. The Morgan fingerprint density at radius 3 is 2.47 bits per heavy atom. The van der Waals surface area contributed by atoms with Gasteiger partial charge in [0.2, 0.25) is 5.91 Å². The van der Waals surface area contributed by atoms with Gasteiger partial charge in [0.15, 0.2) is 0 Å². The minimum absolute atomic E-state index is 0.124. The predicted molar refractivity (Wildman–Crippen MR) is 114 cm³/mol. The Bertz CT molecular complexity index is 930. The molecule has 0 saturated heterocycles. The Balaban J connectivity index is 1.57. The Labute approximate surface area is 176 Å². The first kappa shape index (κ1) is 21.5. The van der Waals surface area contributed by atoms with Gasteiger partial charge in [0.25, 0.3) is 0 Å². The highest BCUT2D eigenvalue weighted by Gasteiger charge is 2.35. The van der Waals surface area contributed by atoms with E-state index in [-0.39, 0.29) is 17.9 Å². The molecule has 0 aromatic heterocycles. The molecule has 0 fully saturated rings. The number of anilines is 1. The van der Waals surface area contributed by atoms with E-state index >= 15 is 0 Å². The Morgan fingerprint density at radius 2 is 1.80 bits per heavy atom. The van der Waals surface area contributed by atoms with Crippen LogP contribution in [0.15, 0.2) is 42.5 Å². The number of ether oxygens (including phenoxy) is 3. The second-order valence-corrected chi connectivity index (χ2v) is 8.83. The van der Waals surface area contributed by atoms with Gasteiger partial charge in [-0.2, -0.15) is 0 Å². The van der Waals surface area contributed by atoms with Gasteiger partial charge in [-0.1, -0.05) is 19.9 Å². The normalized spacial score (nSPS) is 14.3. The van der Waals surface area contributed by atoms with Gasteiger partial charge in [-0.3, -0.25) is 4.79 Å². The zero-order chi connectivity index (χ0) is 21.9. The second kappa shape index (κ2) is 8.26. The number of carbonyl (C=O) groups excluding carboxylic acids is 2. The van der Waals surface area contributed by atoms with Crippen molar-refractivity contribution in [2.45, 2.75) is 45.6 Å². The van der Waals surface area contributed by atoms with Gasteiger partial charge < -0.3 is 24.8 Å². The lowest BCUT2D eigenvalue weighted by molar-refractivity contribution is -0.115. The van der Waals surface area contributed by atoms with E-state index in [9.17, 15) is 9.59 Å². The molecular formula is C23H28N2O5. The second-order valence-electron chi connectivity index (χ2n) is 8.83. The Hall–Kier alpha value is -3.22. The molecule has 1 aliphatic heterocycles. The number of hydrogen-bond donors (Lipinski definition) is 2. The van der Waals surface area contributed by atoms with Crippen molar-refractivity contribution in [3.8, 4) is 17.2 Å². The lowest BCUT2D eigenvalue weighted by Crippen LogP contribution is -2.37. The molecule has 1 aliphatic rings. The van der Waals surface area contributed by atoms with Crippen molar-refractivity contribution in [3.63, 3.8) is 0 Å². The quantitative estimate of drug-likeness (QED) is 0.749. The van der Waals surface area contributed by atoms with E-state index < -0.39 is 11.7 Å². The van der Waals surface area contributed by atoms with E-state index in [0.717, 1.165) is 17.1 Å². The molecule has 2 aromatic rings. The fourth-order valence-corrected chi connectivity index (χ4v) is 3.12. The average Bonchev–Trinajstić information content (AvgIpc) is 2.96. The number of fused-ring (bicyclic) bond motifs is 1. The average molecular weight is 412 g/mol. The summed E-state index contributed by atoms with van der Waals surface area (Å²) in [6, 6.07) is 12.8. The maximum atomic E-state index is 12.0. The van der Waals surface area contributed by atoms with Gasteiger partial charge in [-0.05, 0) is 57.2 Å². The number of benzene rings is 2. The van der Waals surface area contributed by atoms with E-state index in [4.69, 9.17) is 14.2 Å². The summed E-state index contributed by atoms with van der Waals surface area (Å²) < 4.78 is 16.9. The molecule has 0 unspecified atom stereocenters. The monoisotopic (exact) mass is 412 g/mol. The molecule has 160 valence electrons. The van der Waals surface area contributed by atoms with Gasteiger partial charge in [-0.25, -0.2) is 4.79 Å². The first-order chi connectivity index (χ1) is 14.0. The van der Waals surface area contributed by atoms with E-state index in [2.05, 4.69) is 24.5 Å². The lowest BCUT2D eigenvalue weighted by Gasteiger charge is -2.19. The minimum Gasteiger partial charge on any atom is -0.492 e. The van der Waals surface area contributed by atoms with Crippen molar-refractivity contribution >= 4 is 17.7 Å². The molecule has 1 heterocycles. The molecule has 0 atom stereocenters. The SMILES string of the molecule is CC(C)(C)OC(=O)NCC(=O)Nc1ccc(Oc2cccc3c2C(C)(C)CO3)cc1. The number of nitrogens with one attached hydrogen (secondary N) is 2.